The Morgan fingerprint density at radius 2 is 1.88 bits per heavy atom. The largest absolute Gasteiger partial charge is 0.393 e. The number of nitrogens with two attached hydrogens (primary N) is 1. The summed E-state index contributed by atoms with van der Waals surface area (Å²) in [6.45, 7) is 0. The SMILES string of the molecule is NNOc1ccc2ccccc2c1S(=O)(=O)O. The fraction of sp³-hybridized carbons (Fsp3) is 0. The molecule has 0 bridgehead atoms. The van der Waals surface area contributed by atoms with Crippen LogP contribution in [-0.4, -0.2) is 13.0 Å². The van der Waals surface area contributed by atoms with Crippen molar-refractivity contribution >= 4 is 20.9 Å². The molecular formula is C10H10N2O4S. The van der Waals surface area contributed by atoms with Crippen LogP contribution >= 0.6 is 0 Å². The number of benzene rings is 2. The second-order valence-electron chi connectivity index (χ2n) is 3.31. The molecule has 0 aliphatic carbocycles. The second kappa shape index (κ2) is 4.30. The van der Waals surface area contributed by atoms with E-state index < -0.39 is 10.1 Å². The number of nitrogens with one attached hydrogen (secondary N) is 1. The van der Waals surface area contributed by atoms with E-state index in [9.17, 15) is 13.0 Å². The van der Waals surface area contributed by atoms with E-state index in [2.05, 4.69) is 0 Å². The summed E-state index contributed by atoms with van der Waals surface area (Å²) in [6.07, 6.45) is 0. The Morgan fingerprint density at radius 3 is 2.53 bits per heavy atom. The van der Waals surface area contributed by atoms with Crippen LogP contribution in [0, 0.1) is 0 Å². The number of hydrazine groups is 1. The van der Waals surface area contributed by atoms with E-state index in [0.29, 0.717) is 10.8 Å². The molecule has 2 aromatic carbocycles. The smallest absolute Gasteiger partial charge is 0.298 e. The summed E-state index contributed by atoms with van der Waals surface area (Å²) in [6, 6.07) is 9.79. The molecule has 0 fully saturated rings. The summed E-state index contributed by atoms with van der Waals surface area (Å²) in [5.41, 5.74) is 1.89. The molecule has 90 valence electrons. The maximum atomic E-state index is 11.3. The highest BCUT2D eigenvalue weighted by atomic mass is 32.2. The van der Waals surface area contributed by atoms with Crippen molar-refractivity contribution in [3.05, 3.63) is 36.4 Å². The van der Waals surface area contributed by atoms with Crippen molar-refractivity contribution in [3.8, 4) is 5.75 Å². The van der Waals surface area contributed by atoms with Gasteiger partial charge in [0.1, 0.15) is 4.90 Å². The first kappa shape index (κ1) is 11.8. The molecule has 0 saturated heterocycles. The van der Waals surface area contributed by atoms with Gasteiger partial charge in [-0.05, 0) is 11.5 Å². The molecular weight excluding hydrogens is 244 g/mol. The van der Waals surface area contributed by atoms with Crippen LogP contribution in [0.4, 0.5) is 0 Å². The Bertz CT molecular complexity index is 654. The Hall–Kier alpha value is -1.67. The van der Waals surface area contributed by atoms with Gasteiger partial charge in [0.25, 0.3) is 10.1 Å². The van der Waals surface area contributed by atoms with Crippen molar-refractivity contribution in [2.24, 2.45) is 5.84 Å². The summed E-state index contributed by atoms with van der Waals surface area (Å²) in [5, 5.41) is 1.03. The van der Waals surface area contributed by atoms with E-state index in [0.717, 1.165) is 0 Å². The van der Waals surface area contributed by atoms with Crippen LogP contribution < -0.4 is 16.3 Å². The monoisotopic (exact) mass is 254 g/mol. The van der Waals surface area contributed by atoms with Crippen molar-refractivity contribution in [2.75, 3.05) is 0 Å². The van der Waals surface area contributed by atoms with E-state index in [1.165, 1.54) is 6.07 Å². The van der Waals surface area contributed by atoms with E-state index in [1.807, 2.05) is 5.59 Å². The Kier molecular flexibility index (Phi) is 2.99. The minimum Gasteiger partial charge on any atom is -0.393 e. The number of fused-ring (bicyclic) bond motifs is 1. The highest BCUT2D eigenvalue weighted by Gasteiger charge is 2.20. The van der Waals surface area contributed by atoms with E-state index in [4.69, 9.17) is 10.7 Å². The van der Waals surface area contributed by atoms with Crippen molar-refractivity contribution in [1.29, 1.82) is 0 Å². The molecule has 0 amide bonds. The summed E-state index contributed by atoms with van der Waals surface area (Å²) in [4.78, 5) is 4.45. The van der Waals surface area contributed by atoms with E-state index >= 15 is 0 Å². The molecule has 0 saturated carbocycles. The van der Waals surface area contributed by atoms with Crippen LogP contribution in [-0.2, 0) is 10.1 Å². The van der Waals surface area contributed by atoms with Crippen molar-refractivity contribution in [1.82, 2.24) is 5.59 Å². The average Bonchev–Trinajstić information content (AvgIpc) is 2.27. The molecule has 0 aliphatic rings. The minimum atomic E-state index is -4.40. The van der Waals surface area contributed by atoms with Crippen LogP contribution in [0.1, 0.15) is 0 Å². The third kappa shape index (κ3) is 2.22. The lowest BCUT2D eigenvalue weighted by molar-refractivity contribution is 0.193. The normalized spacial score (nSPS) is 11.6. The van der Waals surface area contributed by atoms with Crippen LogP contribution in [0.2, 0.25) is 0 Å². The zero-order valence-electron chi connectivity index (χ0n) is 8.62. The molecule has 0 unspecified atom stereocenters. The molecule has 0 radical (unpaired) electrons. The molecule has 0 atom stereocenters. The summed E-state index contributed by atoms with van der Waals surface area (Å²) in [5.74, 6) is 4.91. The molecule has 2 aromatic rings. The van der Waals surface area contributed by atoms with E-state index in [-0.39, 0.29) is 10.6 Å². The van der Waals surface area contributed by atoms with Gasteiger partial charge in [-0.1, -0.05) is 35.9 Å². The lowest BCUT2D eigenvalue weighted by Crippen LogP contribution is -2.26. The first-order valence-corrected chi connectivity index (χ1v) is 6.10. The summed E-state index contributed by atoms with van der Waals surface area (Å²) in [7, 11) is -4.40. The minimum absolute atomic E-state index is 0.0614. The highest BCUT2D eigenvalue weighted by Crippen LogP contribution is 2.31. The Balaban J connectivity index is 2.85. The highest BCUT2D eigenvalue weighted by molar-refractivity contribution is 7.86. The van der Waals surface area contributed by atoms with Gasteiger partial charge in [-0.2, -0.15) is 8.42 Å². The van der Waals surface area contributed by atoms with Crippen molar-refractivity contribution in [2.45, 2.75) is 4.90 Å². The van der Waals surface area contributed by atoms with Gasteiger partial charge in [-0.3, -0.25) is 4.55 Å². The molecule has 0 aromatic heterocycles. The summed E-state index contributed by atoms with van der Waals surface area (Å²) < 4.78 is 31.9. The molecule has 2 rings (SSSR count). The Labute approximate surface area is 97.7 Å². The van der Waals surface area contributed by atoms with Crippen molar-refractivity contribution < 1.29 is 17.8 Å². The van der Waals surface area contributed by atoms with Gasteiger partial charge >= 0.3 is 0 Å². The van der Waals surface area contributed by atoms with Gasteiger partial charge in [-0.15, -0.1) is 0 Å². The fourth-order valence-corrected chi connectivity index (χ4v) is 2.46. The quantitative estimate of drug-likeness (QED) is 0.426. The van der Waals surface area contributed by atoms with Crippen molar-refractivity contribution in [3.63, 3.8) is 0 Å². The molecule has 0 heterocycles. The Morgan fingerprint density at radius 1 is 1.18 bits per heavy atom. The number of rotatable bonds is 3. The molecule has 7 heteroatoms. The lowest BCUT2D eigenvalue weighted by Gasteiger charge is -2.10. The predicted molar refractivity (Wildman–Crippen MR) is 61.7 cm³/mol. The standard InChI is InChI=1S/C10H10N2O4S/c11-12-16-9-6-5-7-3-1-2-4-8(7)10(9)17(13,14)15/h1-6,12H,11H2,(H,13,14,15). The summed E-state index contributed by atoms with van der Waals surface area (Å²) >= 11 is 0. The van der Waals surface area contributed by atoms with Gasteiger partial charge in [0.2, 0.25) is 0 Å². The molecule has 0 spiro atoms. The molecule has 17 heavy (non-hydrogen) atoms. The first-order chi connectivity index (χ1) is 8.04. The first-order valence-electron chi connectivity index (χ1n) is 4.65. The molecule has 0 aliphatic heterocycles. The van der Waals surface area contributed by atoms with Gasteiger partial charge in [-0.25, -0.2) is 5.84 Å². The third-order valence-corrected chi connectivity index (χ3v) is 3.21. The topological polar surface area (TPSA) is 102 Å². The lowest BCUT2D eigenvalue weighted by atomic mass is 10.1. The maximum absolute atomic E-state index is 11.3. The maximum Gasteiger partial charge on any atom is 0.298 e. The third-order valence-electron chi connectivity index (χ3n) is 2.27. The fourth-order valence-electron chi connectivity index (χ4n) is 1.63. The van der Waals surface area contributed by atoms with Gasteiger partial charge in [0, 0.05) is 5.39 Å². The molecule has 4 N–H and O–H groups in total. The predicted octanol–water partition coefficient (Wildman–Crippen LogP) is 0.844. The van der Waals surface area contributed by atoms with Gasteiger partial charge in [0.05, 0.1) is 0 Å². The van der Waals surface area contributed by atoms with Crippen LogP contribution in [0.25, 0.3) is 10.8 Å². The second-order valence-corrected chi connectivity index (χ2v) is 4.67. The molecule has 6 nitrogen and oxygen atoms in total. The number of hydrogen-bond donors (Lipinski definition) is 3. The van der Waals surface area contributed by atoms with Gasteiger partial charge < -0.3 is 4.84 Å². The number of hydrogen-bond acceptors (Lipinski definition) is 5. The zero-order chi connectivity index (χ0) is 12.5. The average molecular weight is 254 g/mol. The van der Waals surface area contributed by atoms with Crippen LogP contribution in [0.3, 0.4) is 0 Å². The zero-order valence-corrected chi connectivity index (χ0v) is 9.44. The van der Waals surface area contributed by atoms with Gasteiger partial charge in [0.15, 0.2) is 5.75 Å². The van der Waals surface area contributed by atoms with Crippen LogP contribution in [0.15, 0.2) is 41.3 Å². The van der Waals surface area contributed by atoms with E-state index in [1.54, 1.807) is 30.3 Å². The van der Waals surface area contributed by atoms with Crippen LogP contribution in [0.5, 0.6) is 5.75 Å².